The van der Waals surface area contributed by atoms with Crippen molar-refractivity contribution in [3.8, 4) is 11.5 Å². The Labute approximate surface area is 215 Å². The van der Waals surface area contributed by atoms with E-state index in [4.69, 9.17) is 9.57 Å². The Hall–Kier alpha value is -3.76. The summed E-state index contributed by atoms with van der Waals surface area (Å²) in [5.41, 5.74) is 1.80. The lowest BCUT2D eigenvalue weighted by Gasteiger charge is -2.17. The molecule has 0 aliphatic carbocycles. The highest BCUT2D eigenvalue weighted by atomic mass is 16.7. The fourth-order valence-corrected chi connectivity index (χ4v) is 3.70. The average molecular weight is 513 g/mol. The summed E-state index contributed by atoms with van der Waals surface area (Å²) in [7, 11) is 0. The fourth-order valence-electron chi connectivity index (χ4n) is 3.70. The van der Waals surface area contributed by atoms with Gasteiger partial charge in [0.15, 0.2) is 0 Å². The number of hydrogen-bond acceptors (Lipinski definition) is 9. The van der Waals surface area contributed by atoms with E-state index in [-0.39, 0.29) is 43.9 Å². The lowest BCUT2D eigenvalue weighted by atomic mass is 10.1. The summed E-state index contributed by atoms with van der Waals surface area (Å²) in [5, 5.41) is 23.4. The Bertz CT molecular complexity index is 1070. The number of aromatic hydroxyl groups is 1. The number of nitrogens with zero attached hydrogens (tertiary/aromatic N) is 1. The van der Waals surface area contributed by atoms with E-state index in [1.807, 2.05) is 19.1 Å². The van der Waals surface area contributed by atoms with Gasteiger partial charge in [-0.1, -0.05) is 24.3 Å². The number of rotatable bonds is 13. The van der Waals surface area contributed by atoms with Crippen LogP contribution in [0, 0.1) is 0 Å². The molecule has 2 unspecified atom stereocenters. The predicted octanol–water partition coefficient (Wildman–Crippen LogP) is 2.72. The molecule has 1 fully saturated rings. The molecule has 1 aliphatic rings. The van der Waals surface area contributed by atoms with Crippen LogP contribution >= 0.6 is 0 Å². The molecule has 10 nitrogen and oxygen atoms in total. The van der Waals surface area contributed by atoms with E-state index in [1.165, 1.54) is 0 Å². The maximum Gasteiger partial charge on any atom is 0.333 e. The van der Waals surface area contributed by atoms with Gasteiger partial charge in [0.05, 0.1) is 6.10 Å². The molecular weight excluding hydrogens is 480 g/mol. The Kier molecular flexibility index (Phi) is 10.2. The van der Waals surface area contributed by atoms with Crippen LogP contribution in [0.15, 0.2) is 48.5 Å². The highest BCUT2D eigenvalue weighted by molar-refractivity contribution is 6.01. The summed E-state index contributed by atoms with van der Waals surface area (Å²) >= 11 is 0. The maximum atomic E-state index is 12.1. The number of aliphatic hydroxyl groups excluding tert-OH is 1. The first-order chi connectivity index (χ1) is 17.7. The van der Waals surface area contributed by atoms with E-state index in [9.17, 15) is 29.4 Å². The molecule has 2 atom stereocenters. The number of aliphatic hydroxyl groups is 1. The zero-order valence-electron chi connectivity index (χ0n) is 20.7. The minimum absolute atomic E-state index is 0.0159. The predicted molar refractivity (Wildman–Crippen MR) is 132 cm³/mol. The Morgan fingerprint density at radius 2 is 1.59 bits per heavy atom. The lowest BCUT2D eigenvalue weighted by molar-refractivity contribution is -0.197. The molecule has 0 radical (unpaired) electrons. The van der Waals surface area contributed by atoms with Crippen molar-refractivity contribution >= 4 is 23.8 Å². The van der Waals surface area contributed by atoms with E-state index in [1.54, 1.807) is 36.4 Å². The van der Waals surface area contributed by atoms with E-state index in [2.05, 4.69) is 5.32 Å². The highest BCUT2D eigenvalue weighted by Crippen LogP contribution is 2.18. The zero-order valence-corrected chi connectivity index (χ0v) is 20.7. The molecule has 2 aromatic carbocycles. The number of benzene rings is 2. The van der Waals surface area contributed by atoms with Gasteiger partial charge in [-0.05, 0) is 61.6 Å². The second kappa shape index (κ2) is 13.5. The molecule has 1 aliphatic heterocycles. The molecule has 10 heteroatoms. The number of carbonyl (C=O) groups is 4. The van der Waals surface area contributed by atoms with Crippen molar-refractivity contribution in [3.63, 3.8) is 0 Å². The van der Waals surface area contributed by atoms with Crippen molar-refractivity contribution in [1.29, 1.82) is 0 Å². The molecule has 1 heterocycles. The van der Waals surface area contributed by atoms with Gasteiger partial charge in [-0.3, -0.25) is 14.4 Å². The molecule has 198 valence electrons. The minimum atomic E-state index is -0.751. The van der Waals surface area contributed by atoms with Gasteiger partial charge in [0, 0.05) is 38.3 Å². The first kappa shape index (κ1) is 27.8. The van der Waals surface area contributed by atoms with Crippen molar-refractivity contribution in [1.82, 2.24) is 10.4 Å². The largest absolute Gasteiger partial charge is 0.508 e. The number of phenols is 1. The van der Waals surface area contributed by atoms with Gasteiger partial charge in [0.25, 0.3) is 11.8 Å². The smallest absolute Gasteiger partial charge is 0.333 e. The second-order valence-electron chi connectivity index (χ2n) is 8.97. The normalized spacial score (nSPS) is 14.9. The summed E-state index contributed by atoms with van der Waals surface area (Å²) in [6, 6.07) is 13.8. The van der Waals surface area contributed by atoms with Crippen molar-refractivity contribution in [2.75, 3.05) is 6.54 Å². The summed E-state index contributed by atoms with van der Waals surface area (Å²) < 4.78 is 5.29. The van der Waals surface area contributed by atoms with E-state index in [0.717, 1.165) is 24.0 Å². The molecule has 2 amide bonds. The molecule has 0 aromatic heterocycles. The fraction of sp³-hybridized carbons (Fsp3) is 0.407. The third kappa shape index (κ3) is 9.00. The Morgan fingerprint density at radius 3 is 2.24 bits per heavy atom. The number of amides is 2. The van der Waals surface area contributed by atoms with Gasteiger partial charge in [-0.25, -0.2) is 4.79 Å². The third-order valence-corrected chi connectivity index (χ3v) is 5.92. The van der Waals surface area contributed by atoms with Crippen LogP contribution in [0.5, 0.6) is 11.5 Å². The quantitative estimate of drug-likeness (QED) is 0.210. The topological polar surface area (TPSA) is 142 Å². The van der Waals surface area contributed by atoms with Crippen LogP contribution in [-0.4, -0.2) is 51.6 Å². The van der Waals surface area contributed by atoms with Gasteiger partial charge >= 0.3 is 11.9 Å². The maximum absolute atomic E-state index is 12.1. The summed E-state index contributed by atoms with van der Waals surface area (Å²) in [4.78, 5) is 51.5. The average Bonchev–Trinajstić information content (AvgIpc) is 3.19. The zero-order chi connectivity index (χ0) is 26.8. The molecule has 0 bridgehead atoms. The van der Waals surface area contributed by atoms with Gasteiger partial charge in [-0.2, -0.15) is 0 Å². The number of ether oxygens (including phenoxy) is 1. The first-order valence-corrected chi connectivity index (χ1v) is 12.3. The van der Waals surface area contributed by atoms with Crippen molar-refractivity contribution in [2.24, 2.45) is 0 Å². The summed E-state index contributed by atoms with van der Waals surface area (Å²) in [5.74, 6) is -1.79. The molecule has 3 N–H and O–H groups in total. The van der Waals surface area contributed by atoms with Gasteiger partial charge in [-0.15, -0.1) is 5.06 Å². The highest BCUT2D eigenvalue weighted by Gasteiger charge is 2.32. The summed E-state index contributed by atoms with van der Waals surface area (Å²) in [6.07, 6.45) is 1.05. The Balaban J connectivity index is 1.31. The van der Waals surface area contributed by atoms with Gasteiger partial charge < -0.3 is 25.1 Å². The molecule has 0 spiro atoms. The van der Waals surface area contributed by atoms with Gasteiger partial charge in [0.1, 0.15) is 11.5 Å². The number of aryl methyl sites for hydroxylation is 1. The molecule has 2 aromatic rings. The van der Waals surface area contributed by atoms with Crippen molar-refractivity contribution in [3.05, 3.63) is 59.7 Å². The molecule has 0 saturated carbocycles. The number of hydroxylamine groups is 2. The third-order valence-electron chi connectivity index (χ3n) is 5.92. The van der Waals surface area contributed by atoms with Crippen LogP contribution in [0.4, 0.5) is 0 Å². The molecule has 1 saturated heterocycles. The lowest BCUT2D eigenvalue weighted by Crippen LogP contribution is -2.32. The van der Waals surface area contributed by atoms with Crippen molar-refractivity contribution in [2.45, 2.75) is 64.0 Å². The number of esters is 1. The van der Waals surface area contributed by atoms with Crippen LogP contribution in [0.25, 0.3) is 0 Å². The number of nitrogens with one attached hydrogen (secondary N) is 1. The van der Waals surface area contributed by atoms with Crippen LogP contribution in [0.1, 0.15) is 62.7 Å². The molecule has 3 rings (SSSR count). The van der Waals surface area contributed by atoms with E-state index in [0.29, 0.717) is 17.4 Å². The first-order valence-electron chi connectivity index (χ1n) is 12.3. The second-order valence-corrected chi connectivity index (χ2v) is 8.97. The van der Waals surface area contributed by atoms with Gasteiger partial charge in [0.2, 0.25) is 0 Å². The number of imide groups is 1. The monoisotopic (exact) mass is 512 g/mol. The number of hydrogen-bond donors (Lipinski definition) is 3. The van der Waals surface area contributed by atoms with Crippen LogP contribution in [0.2, 0.25) is 0 Å². The molecule has 37 heavy (non-hydrogen) atoms. The summed E-state index contributed by atoms with van der Waals surface area (Å²) in [6.45, 7) is 2.43. The number of carbonyl (C=O) groups excluding carboxylic acids is 4. The van der Waals surface area contributed by atoms with E-state index < -0.39 is 29.9 Å². The standard InChI is InChI=1S/C27H32N2O8/c1-18(28-17-23(31)20-9-11-21(30)12-10-20)5-6-19-7-13-22(14-8-19)36-26(34)3-2-4-27(35)37-29-24(32)15-16-25(29)33/h7-14,18,23,28,30-31H,2-6,15-17H2,1H3. The number of phenolic OH excluding ortho intramolecular Hbond substituents is 1. The van der Waals surface area contributed by atoms with Crippen LogP contribution in [-0.2, 0) is 30.4 Å². The SMILES string of the molecule is CC(CCc1ccc(OC(=O)CCCC(=O)ON2C(=O)CCC2=O)cc1)NCC(O)c1ccc(O)cc1. The molecular formula is C27H32N2O8. The van der Waals surface area contributed by atoms with Crippen molar-refractivity contribution < 1.29 is 39.0 Å². The Morgan fingerprint density at radius 1 is 0.973 bits per heavy atom. The van der Waals surface area contributed by atoms with Crippen LogP contribution in [0.3, 0.4) is 0 Å². The van der Waals surface area contributed by atoms with Crippen LogP contribution < -0.4 is 10.1 Å². The van der Waals surface area contributed by atoms with E-state index >= 15 is 0 Å². The minimum Gasteiger partial charge on any atom is -0.508 e.